The van der Waals surface area contributed by atoms with Crippen LogP contribution < -0.4 is 10.5 Å². The largest absolute Gasteiger partial charge is 0.480 e. The fourth-order valence-corrected chi connectivity index (χ4v) is 2.60. The van der Waals surface area contributed by atoms with Crippen molar-refractivity contribution in [2.24, 2.45) is 11.7 Å². The number of rotatable bonds is 5. The molecule has 1 fully saturated rings. The molecular weight excluding hydrogens is 214 g/mol. The minimum atomic E-state index is -0.0563. The SMILES string of the molecule is COc1nccnc1C(N)CCC1CCCC1. The van der Waals surface area contributed by atoms with Gasteiger partial charge in [0.05, 0.1) is 13.2 Å². The minimum absolute atomic E-state index is 0.0563. The molecule has 0 amide bonds. The Hall–Kier alpha value is -1.16. The van der Waals surface area contributed by atoms with Crippen molar-refractivity contribution in [1.29, 1.82) is 0 Å². The Bertz CT molecular complexity index is 350. The van der Waals surface area contributed by atoms with E-state index in [4.69, 9.17) is 10.5 Å². The van der Waals surface area contributed by atoms with Crippen molar-refractivity contribution in [2.75, 3.05) is 7.11 Å². The number of methoxy groups -OCH3 is 1. The summed E-state index contributed by atoms with van der Waals surface area (Å²) < 4.78 is 5.18. The Morgan fingerprint density at radius 1 is 1.35 bits per heavy atom. The van der Waals surface area contributed by atoms with Gasteiger partial charge in [-0.25, -0.2) is 4.98 Å². The summed E-state index contributed by atoms with van der Waals surface area (Å²) in [7, 11) is 1.61. The van der Waals surface area contributed by atoms with Gasteiger partial charge in [-0.05, 0) is 18.8 Å². The van der Waals surface area contributed by atoms with E-state index in [0.29, 0.717) is 5.88 Å². The topological polar surface area (TPSA) is 61.0 Å². The summed E-state index contributed by atoms with van der Waals surface area (Å²) in [5.41, 5.74) is 6.95. The molecule has 17 heavy (non-hydrogen) atoms. The van der Waals surface area contributed by atoms with Gasteiger partial charge in [0.1, 0.15) is 5.69 Å². The number of hydrogen-bond acceptors (Lipinski definition) is 4. The van der Waals surface area contributed by atoms with Gasteiger partial charge in [0, 0.05) is 12.4 Å². The summed E-state index contributed by atoms with van der Waals surface area (Å²) in [5.74, 6) is 1.43. The summed E-state index contributed by atoms with van der Waals surface area (Å²) in [6.07, 6.45) is 11.0. The molecule has 1 aromatic rings. The molecule has 0 bridgehead atoms. The molecule has 0 saturated heterocycles. The van der Waals surface area contributed by atoms with Crippen LogP contribution in [0.15, 0.2) is 12.4 Å². The molecule has 1 atom stereocenters. The zero-order valence-corrected chi connectivity index (χ0v) is 10.4. The van der Waals surface area contributed by atoms with Gasteiger partial charge in [0.2, 0.25) is 5.88 Å². The molecule has 2 rings (SSSR count). The fraction of sp³-hybridized carbons (Fsp3) is 0.692. The van der Waals surface area contributed by atoms with Crippen molar-refractivity contribution in [2.45, 2.75) is 44.6 Å². The van der Waals surface area contributed by atoms with E-state index in [2.05, 4.69) is 9.97 Å². The van der Waals surface area contributed by atoms with Gasteiger partial charge in [-0.2, -0.15) is 0 Å². The molecule has 1 aliphatic rings. The molecule has 4 heteroatoms. The second-order valence-electron chi connectivity index (χ2n) is 4.79. The molecule has 1 aliphatic carbocycles. The van der Waals surface area contributed by atoms with Crippen LogP contribution in [-0.2, 0) is 0 Å². The van der Waals surface area contributed by atoms with Crippen LogP contribution in [0.3, 0.4) is 0 Å². The lowest BCUT2D eigenvalue weighted by molar-refractivity contribution is 0.377. The minimum Gasteiger partial charge on any atom is -0.480 e. The van der Waals surface area contributed by atoms with E-state index < -0.39 is 0 Å². The van der Waals surface area contributed by atoms with Crippen LogP contribution in [0.1, 0.15) is 50.3 Å². The first-order chi connectivity index (χ1) is 8.31. The number of nitrogens with two attached hydrogens (primary N) is 1. The highest BCUT2D eigenvalue weighted by molar-refractivity contribution is 5.20. The van der Waals surface area contributed by atoms with Crippen molar-refractivity contribution < 1.29 is 4.74 Å². The average molecular weight is 235 g/mol. The second kappa shape index (κ2) is 5.96. The maximum Gasteiger partial charge on any atom is 0.236 e. The zero-order valence-electron chi connectivity index (χ0n) is 10.4. The van der Waals surface area contributed by atoms with Crippen LogP contribution >= 0.6 is 0 Å². The highest BCUT2D eigenvalue weighted by Crippen LogP contribution is 2.31. The molecule has 1 aromatic heterocycles. The lowest BCUT2D eigenvalue weighted by Crippen LogP contribution is -2.15. The number of ether oxygens (including phenoxy) is 1. The Morgan fingerprint density at radius 3 is 2.76 bits per heavy atom. The summed E-state index contributed by atoms with van der Waals surface area (Å²) in [6, 6.07) is -0.0563. The Labute approximate surface area is 103 Å². The standard InChI is InChI=1S/C13H21N3O/c1-17-13-12(15-8-9-16-13)11(14)7-6-10-4-2-3-5-10/h8-11H,2-7,14H2,1H3. The molecule has 2 N–H and O–H groups in total. The highest BCUT2D eigenvalue weighted by Gasteiger charge is 2.19. The Balaban J connectivity index is 1.91. The molecule has 0 radical (unpaired) electrons. The summed E-state index contributed by atoms with van der Waals surface area (Å²) >= 11 is 0. The second-order valence-corrected chi connectivity index (χ2v) is 4.79. The van der Waals surface area contributed by atoms with Crippen LogP contribution in [0.5, 0.6) is 5.88 Å². The maximum atomic E-state index is 6.17. The van der Waals surface area contributed by atoms with E-state index in [1.807, 2.05) is 0 Å². The first-order valence-corrected chi connectivity index (χ1v) is 6.41. The van der Waals surface area contributed by atoms with E-state index >= 15 is 0 Å². The first-order valence-electron chi connectivity index (χ1n) is 6.41. The lowest BCUT2D eigenvalue weighted by Gasteiger charge is -2.15. The molecule has 4 nitrogen and oxygen atoms in total. The predicted molar refractivity (Wildman–Crippen MR) is 66.7 cm³/mol. The normalized spacial score (nSPS) is 18.2. The molecule has 0 aromatic carbocycles. The van der Waals surface area contributed by atoms with Crippen LogP contribution in [0.25, 0.3) is 0 Å². The average Bonchev–Trinajstić information content (AvgIpc) is 2.89. The van der Waals surface area contributed by atoms with Crippen LogP contribution in [-0.4, -0.2) is 17.1 Å². The van der Waals surface area contributed by atoms with E-state index in [0.717, 1.165) is 18.0 Å². The van der Waals surface area contributed by atoms with Crippen molar-refractivity contribution in [3.63, 3.8) is 0 Å². The lowest BCUT2D eigenvalue weighted by atomic mass is 9.97. The van der Waals surface area contributed by atoms with E-state index in [1.54, 1.807) is 19.5 Å². The fourth-order valence-electron chi connectivity index (χ4n) is 2.60. The quantitative estimate of drug-likeness (QED) is 0.851. The number of nitrogens with zero attached hydrogens (tertiary/aromatic N) is 2. The van der Waals surface area contributed by atoms with E-state index in [9.17, 15) is 0 Å². The van der Waals surface area contributed by atoms with Crippen molar-refractivity contribution >= 4 is 0 Å². The summed E-state index contributed by atoms with van der Waals surface area (Å²) in [6.45, 7) is 0. The van der Waals surface area contributed by atoms with Crippen LogP contribution in [0.4, 0.5) is 0 Å². The molecular formula is C13H21N3O. The van der Waals surface area contributed by atoms with Gasteiger partial charge in [-0.1, -0.05) is 25.7 Å². The maximum absolute atomic E-state index is 6.17. The van der Waals surface area contributed by atoms with Crippen molar-refractivity contribution in [3.8, 4) is 5.88 Å². The molecule has 1 unspecified atom stereocenters. The summed E-state index contributed by atoms with van der Waals surface area (Å²) in [4.78, 5) is 8.42. The van der Waals surface area contributed by atoms with Gasteiger partial charge < -0.3 is 10.5 Å². The zero-order chi connectivity index (χ0) is 12.1. The Kier molecular flexibility index (Phi) is 4.31. The number of hydrogen-bond donors (Lipinski definition) is 1. The van der Waals surface area contributed by atoms with Gasteiger partial charge in [-0.15, -0.1) is 0 Å². The third-order valence-electron chi connectivity index (χ3n) is 3.60. The highest BCUT2D eigenvalue weighted by atomic mass is 16.5. The van der Waals surface area contributed by atoms with E-state index in [-0.39, 0.29) is 6.04 Å². The molecule has 94 valence electrons. The molecule has 1 saturated carbocycles. The third-order valence-corrected chi connectivity index (χ3v) is 3.60. The van der Waals surface area contributed by atoms with Crippen molar-refractivity contribution in [1.82, 2.24) is 9.97 Å². The molecule has 0 spiro atoms. The van der Waals surface area contributed by atoms with Gasteiger partial charge >= 0.3 is 0 Å². The molecule has 0 aliphatic heterocycles. The van der Waals surface area contributed by atoms with Crippen molar-refractivity contribution in [3.05, 3.63) is 18.1 Å². The van der Waals surface area contributed by atoms with E-state index in [1.165, 1.54) is 32.1 Å². The van der Waals surface area contributed by atoms with Crippen LogP contribution in [0, 0.1) is 5.92 Å². The van der Waals surface area contributed by atoms with Gasteiger partial charge in [-0.3, -0.25) is 4.98 Å². The Morgan fingerprint density at radius 2 is 2.06 bits per heavy atom. The predicted octanol–water partition coefficient (Wildman–Crippen LogP) is 2.46. The first kappa shape index (κ1) is 12.3. The van der Waals surface area contributed by atoms with Crippen LogP contribution in [0.2, 0.25) is 0 Å². The smallest absolute Gasteiger partial charge is 0.236 e. The van der Waals surface area contributed by atoms with Gasteiger partial charge in [0.15, 0.2) is 0 Å². The van der Waals surface area contributed by atoms with Gasteiger partial charge in [0.25, 0.3) is 0 Å². The number of aromatic nitrogens is 2. The molecule has 1 heterocycles. The summed E-state index contributed by atoms with van der Waals surface area (Å²) in [5, 5.41) is 0. The third kappa shape index (κ3) is 3.16. The monoisotopic (exact) mass is 235 g/mol.